The number of hydrogen-bond acceptors (Lipinski definition) is 7. The molecule has 170 valence electrons. The number of nitrogens with zero attached hydrogens (tertiary/aromatic N) is 1. The maximum absolute atomic E-state index is 12.7. The van der Waals surface area contributed by atoms with Gasteiger partial charge in [0.05, 0.1) is 17.4 Å². The van der Waals surface area contributed by atoms with Gasteiger partial charge in [-0.2, -0.15) is 0 Å². The lowest BCUT2D eigenvalue weighted by molar-refractivity contribution is -0.179. The van der Waals surface area contributed by atoms with E-state index in [2.05, 4.69) is 0 Å². The maximum atomic E-state index is 12.7. The summed E-state index contributed by atoms with van der Waals surface area (Å²) in [5.41, 5.74) is -0.0631. The van der Waals surface area contributed by atoms with E-state index in [1.807, 2.05) is 30.3 Å². The van der Waals surface area contributed by atoms with Gasteiger partial charge in [-0.1, -0.05) is 42.5 Å². The molecule has 32 heavy (non-hydrogen) atoms. The van der Waals surface area contributed by atoms with E-state index < -0.39 is 42.4 Å². The van der Waals surface area contributed by atoms with Crippen molar-refractivity contribution in [3.8, 4) is 0 Å². The summed E-state index contributed by atoms with van der Waals surface area (Å²) in [5.74, 6) is -3.27. The molecule has 9 heteroatoms. The molecule has 1 unspecified atom stereocenters. The second kappa shape index (κ2) is 9.25. The van der Waals surface area contributed by atoms with Crippen molar-refractivity contribution in [1.82, 2.24) is 4.90 Å². The lowest BCUT2D eigenvalue weighted by atomic mass is 9.98. The van der Waals surface area contributed by atoms with Gasteiger partial charge in [-0.25, -0.2) is 9.59 Å². The van der Waals surface area contributed by atoms with Gasteiger partial charge in [0.15, 0.2) is 12.3 Å². The number of allylic oxidation sites excluding steroid dienone is 1. The number of carboxylic acid groups (broad SMARTS) is 1. The second-order valence-corrected chi connectivity index (χ2v) is 8.41. The SMILES string of the molecule is CC(C)(C)C(=O)OCOC(=O)C1C(=C(CC=Cc2ccccc2)C(=O)O)O[C@@H]2CC(=O)N12. The zero-order chi connectivity index (χ0) is 23.5. The summed E-state index contributed by atoms with van der Waals surface area (Å²) in [6.07, 6.45) is 2.67. The molecular formula is C23H25NO8. The Labute approximate surface area is 185 Å². The number of aliphatic carboxylic acids is 1. The molecule has 2 aliphatic heterocycles. The summed E-state index contributed by atoms with van der Waals surface area (Å²) >= 11 is 0. The van der Waals surface area contributed by atoms with E-state index in [4.69, 9.17) is 14.2 Å². The molecule has 2 saturated heterocycles. The van der Waals surface area contributed by atoms with Crippen molar-refractivity contribution in [2.75, 3.05) is 6.79 Å². The highest BCUT2D eigenvalue weighted by molar-refractivity contribution is 5.95. The molecule has 2 heterocycles. The van der Waals surface area contributed by atoms with E-state index in [1.54, 1.807) is 32.9 Å². The lowest BCUT2D eigenvalue weighted by Gasteiger charge is -2.33. The predicted octanol–water partition coefficient (Wildman–Crippen LogP) is 2.48. The number of esters is 2. The third kappa shape index (κ3) is 4.99. The third-order valence-corrected chi connectivity index (χ3v) is 4.95. The highest BCUT2D eigenvalue weighted by Gasteiger charge is 2.55. The van der Waals surface area contributed by atoms with Crippen LogP contribution in [0.15, 0.2) is 47.7 Å². The van der Waals surface area contributed by atoms with Crippen LogP contribution in [0, 0.1) is 5.41 Å². The molecule has 1 N–H and O–H groups in total. The van der Waals surface area contributed by atoms with Crippen molar-refractivity contribution in [3.05, 3.63) is 53.3 Å². The Bertz CT molecular complexity index is 973. The van der Waals surface area contributed by atoms with Crippen LogP contribution in [0.25, 0.3) is 6.08 Å². The fraction of sp³-hybridized carbons (Fsp3) is 0.391. The van der Waals surface area contributed by atoms with Crippen molar-refractivity contribution < 1.29 is 38.5 Å². The minimum atomic E-state index is -1.34. The first-order valence-electron chi connectivity index (χ1n) is 10.1. The molecule has 0 aromatic heterocycles. The van der Waals surface area contributed by atoms with Gasteiger partial charge >= 0.3 is 17.9 Å². The minimum Gasteiger partial charge on any atom is -0.478 e. The van der Waals surface area contributed by atoms with Crippen LogP contribution >= 0.6 is 0 Å². The van der Waals surface area contributed by atoms with E-state index >= 15 is 0 Å². The van der Waals surface area contributed by atoms with Gasteiger partial charge in [0.25, 0.3) is 0 Å². The van der Waals surface area contributed by atoms with Gasteiger partial charge < -0.3 is 19.3 Å². The molecule has 0 aliphatic carbocycles. The van der Waals surface area contributed by atoms with Crippen molar-refractivity contribution in [3.63, 3.8) is 0 Å². The van der Waals surface area contributed by atoms with Gasteiger partial charge in [-0.05, 0) is 26.3 Å². The molecule has 2 fully saturated rings. The van der Waals surface area contributed by atoms with Crippen LogP contribution in [0.2, 0.25) is 0 Å². The van der Waals surface area contributed by atoms with Gasteiger partial charge in [0.1, 0.15) is 5.76 Å². The van der Waals surface area contributed by atoms with Crippen LogP contribution < -0.4 is 0 Å². The van der Waals surface area contributed by atoms with Crippen molar-refractivity contribution in [1.29, 1.82) is 0 Å². The topological polar surface area (TPSA) is 119 Å². The largest absolute Gasteiger partial charge is 0.478 e. The molecule has 2 aliphatic rings. The van der Waals surface area contributed by atoms with Crippen molar-refractivity contribution in [2.45, 2.75) is 45.9 Å². The Morgan fingerprint density at radius 1 is 1.19 bits per heavy atom. The third-order valence-electron chi connectivity index (χ3n) is 4.95. The van der Waals surface area contributed by atoms with Gasteiger partial charge in [-0.15, -0.1) is 0 Å². The van der Waals surface area contributed by atoms with Gasteiger partial charge in [-0.3, -0.25) is 14.5 Å². The van der Waals surface area contributed by atoms with Crippen LogP contribution in [-0.4, -0.2) is 52.9 Å². The summed E-state index contributed by atoms with van der Waals surface area (Å²) in [4.78, 5) is 49.7. The van der Waals surface area contributed by atoms with Gasteiger partial charge in [0, 0.05) is 6.42 Å². The average molecular weight is 443 g/mol. The number of benzene rings is 1. The first-order chi connectivity index (χ1) is 15.1. The normalized spacial score (nSPS) is 21.5. The molecule has 1 aromatic rings. The Morgan fingerprint density at radius 2 is 1.88 bits per heavy atom. The molecule has 2 atom stereocenters. The summed E-state index contributed by atoms with van der Waals surface area (Å²) in [6.45, 7) is 4.29. The molecule has 0 radical (unpaired) electrons. The number of β-lactam (4-membered cyclic amide) rings is 1. The smallest absolute Gasteiger partial charge is 0.339 e. The molecule has 1 amide bonds. The quantitative estimate of drug-likeness (QED) is 0.295. The number of carboxylic acids is 1. The molecule has 0 bridgehead atoms. The molecular weight excluding hydrogens is 418 g/mol. The van der Waals surface area contributed by atoms with Crippen molar-refractivity contribution in [2.24, 2.45) is 5.41 Å². The van der Waals surface area contributed by atoms with Crippen LogP contribution in [0.4, 0.5) is 0 Å². The van der Waals surface area contributed by atoms with Gasteiger partial charge in [0.2, 0.25) is 12.7 Å². The molecule has 3 rings (SSSR count). The zero-order valence-corrected chi connectivity index (χ0v) is 18.1. The summed E-state index contributed by atoms with van der Waals surface area (Å²) in [6, 6.07) is 7.95. The van der Waals surface area contributed by atoms with Crippen LogP contribution in [-0.2, 0) is 33.4 Å². The first kappa shape index (κ1) is 23.1. The number of amides is 1. The van der Waals surface area contributed by atoms with E-state index in [-0.39, 0.29) is 30.1 Å². The number of fused-ring (bicyclic) bond motifs is 1. The maximum Gasteiger partial charge on any atom is 0.339 e. The molecule has 0 saturated carbocycles. The minimum absolute atomic E-state index is 0.0307. The van der Waals surface area contributed by atoms with E-state index in [1.165, 1.54) is 0 Å². The second-order valence-electron chi connectivity index (χ2n) is 8.41. The summed E-state index contributed by atoms with van der Waals surface area (Å²) in [7, 11) is 0. The molecule has 1 aromatic carbocycles. The van der Waals surface area contributed by atoms with Crippen LogP contribution in [0.1, 0.15) is 39.2 Å². The number of ether oxygens (including phenoxy) is 3. The molecule has 0 spiro atoms. The Balaban J connectivity index is 1.78. The fourth-order valence-corrected chi connectivity index (χ4v) is 3.21. The van der Waals surface area contributed by atoms with Crippen molar-refractivity contribution >= 4 is 29.9 Å². The standard InChI is InChI=1S/C23H25NO8/c1-23(2,3)22(29)31-13-30-21(28)18-19(32-17-12-16(25)24(17)18)15(20(26)27)11-7-10-14-8-5-4-6-9-14/h4-10,17-18H,11-13H2,1-3H3,(H,26,27)/t17-,18?/m1/s1. The summed E-state index contributed by atoms with van der Waals surface area (Å²) in [5, 5.41) is 9.73. The predicted molar refractivity (Wildman–Crippen MR) is 111 cm³/mol. The van der Waals surface area contributed by atoms with Crippen LogP contribution in [0.3, 0.4) is 0 Å². The van der Waals surface area contributed by atoms with E-state index in [9.17, 15) is 24.3 Å². The van der Waals surface area contributed by atoms with Crippen LogP contribution in [0.5, 0.6) is 0 Å². The summed E-state index contributed by atoms with van der Waals surface area (Å²) < 4.78 is 15.6. The van der Waals surface area contributed by atoms with E-state index in [0.29, 0.717) is 0 Å². The fourth-order valence-electron chi connectivity index (χ4n) is 3.21. The number of hydrogen-bond donors (Lipinski definition) is 1. The first-order valence-corrected chi connectivity index (χ1v) is 10.1. The number of carbonyl (C=O) groups is 4. The lowest BCUT2D eigenvalue weighted by Crippen LogP contribution is -2.55. The molecule has 9 nitrogen and oxygen atoms in total. The highest BCUT2D eigenvalue weighted by Crippen LogP contribution is 2.39. The number of rotatable bonds is 7. The Morgan fingerprint density at radius 3 is 2.47 bits per heavy atom. The monoisotopic (exact) mass is 443 g/mol. The highest BCUT2D eigenvalue weighted by atomic mass is 16.7. The zero-order valence-electron chi connectivity index (χ0n) is 18.1. The number of carbonyl (C=O) groups excluding carboxylic acids is 3. The Hall–Kier alpha value is -3.62. The van der Waals surface area contributed by atoms with E-state index in [0.717, 1.165) is 10.5 Å². The average Bonchev–Trinajstić information content (AvgIpc) is 3.03. The Kier molecular flexibility index (Phi) is 6.67.